The summed E-state index contributed by atoms with van der Waals surface area (Å²) in [5, 5.41) is 0. The molecule has 2 aromatic rings. The molecule has 0 amide bonds. The van der Waals surface area contributed by atoms with Gasteiger partial charge in [-0.2, -0.15) is 0 Å². The summed E-state index contributed by atoms with van der Waals surface area (Å²) in [5.74, 6) is 0. The van der Waals surface area contributed by atoms with Crippen LogP contribution in [0.1, 0.15) is 24.2 Å². The first-order valence-electron chi connectivity index (χ1n) is 4.80. The van der Waals surface area contributed by atoms with Gasteiger partial charge in [-0.1, -0.05) is 6.07 Å². The third-order valence-corrected chi connectivity index (χ3v) is 3.24. The minimum absolute atomic E-state index is 0.0362. The Balaban J connectivity index is 2.36. The van der Waals surface area contributed by atoms with Crippen molar-refractivity contribution in [2.45, 2.75) is 19.9 Å². The molecule has 0 spiro atoms. The van der Waals surface area contributed by atoms with E-state index in [9.17, 15) is 0 Å². The van der Waals surface area contributed by atoms with E-state index in [1.54, 1.807) is 11.3 Å². The normalized spacial score (nSPS) is 12.7. The van der Waals surface area contributed by atoms with E-state index in [1.807, 2.05) is 37.7 Å². The SMILES string of the molecule is Cc1ncsc1-c1ccc(C(C)N)cn1. The standard InChI is InChI=1S/C11H13N3S/c1-7(12)9-3-4-10(13-5-9)11-8(2)14-6-15-11/h3-7H,12H2,1-2H3. The Bertz CT molecular complexity index is 445. The van der Waals surface area contributed by atoms with Gasteiger partial charge in [-0.15, -0.1) is 11.3 Å². The van der Waals surface area contributed by atoms with Crippen molar-refractivity contribution < 1.29 is 0 Å². The van der Waals surface area contributed by atoms with Gasteiger partial charge in [-0.05, 0) is 25.5 Å². The van der Waals surface area contributed by atoms with Crippen LogP contribution in [0.25, 0.3) is 10.6 Å². The second-order valence-corrected chi connectivity index (χ2v) is 4.39. The van der Waals surface area contributed by atoms with Gasteiger partial charge in [0, 0.05) is 12.2 Å². The second kappa shape index (κ2) is 4.08. The molecule has 0 aliphatic rings. The Labute approximate surface area is 93.0 Å². The predicted octanol–water partition coefficient (Wildman–Crippen LogP) is 2.53. The second-order valence-electron chi connectivity index (χ2n) is 3.53. The van der Waals surface area contributed by atoms with Crippen LogP contribution in [-0.4, -0.2) is 9.97 Å². The van der Waals surface area contributed by atoms with Crippen LogP contribution < -0.4 is 5.73 Å². The van der Waals surface area contributed by atoms with Crippen LogP contribution in [0.5, 0.6) is 0 Å². The Morgan fingerprint density at radius 1 is 1.33 bits per heavy atom. The number of nitrogens with zero attached hydrogens (tertiary/aromatic N) is 2. The molecule has 0 bridgehead atoms. The van der Waals surface area contributed by atoms with E-state index in [0.29, 0.717) is 0 Å². The van der Waals surface area contributed by atoms with E-state index < -0.39 is 0 Å². The van der Waals surface area contributed by atoms with Crippen LogP contribution in [0.4, 0.5) is 0 Å². The maximum Gasteiger partial charge on any atom is 0.0820 e. The summed E-state index contributed by atoms with van der Waals surface area (Å²) in [6.07, 6.45) is 1.83. The number of aryl methyl sites for hydroxylation is 1. The molecule has 0 aliphatic carbocycles. The molecule has 2 heterocycles. The van der Waals surface area contributed by atoms with Crippen LogP contribution in [0.2, 0.25) is 0 Å². The van der Waals surface area contributed by atoms with Crippen molar-refractivity contribution in [2.75, 3.05) is 0 Å². The molecule has 1 atom stereocenters. The molecule has 0 saturated carbocycles. The third-order valence-electron chi connectivity index (χ3n) is 2.29. The molecule has 0 aliphatic heterocycles. The third kappa shape index (κ3) is 2.06. The van der Waals surface area contributed by atoms with Crippen molar-refractivity contribution >= 4 is 11.3 Å². The van der Waals surface area contributed by atoms with Crippen LogP contribution in [0, 0.1) is 6.92 Å². The number of thiazole rings is 1. The van der Waals surface area contributed by atoms with Crippen molar-refractivity contribution in [1.82, 2.24) is 9.97 Å². The van der Waals surface area contributed by atoms with E-state index >= 15 is 0 Å². The first-order chi connectivity index (χ1) is 7.18. The van der Waals surface area contributed by atoms with Crippen molar-refractivity contribution in [3.8, 4) is 10.6 Å². The molecule has 2 aromatic heterocycles. The van der Waals surface area contributed by atoms with Gasteiger partial charge in [0.2, 0.25) is 0 Å². The number of pyridine rings is 1. The van der Waals surface area contributed by atoms with Gasteiger partial charge in [0.25, 0.3) is 0 Å². The van der Waals surface area contributed by atoms with Crippen molar-refractivity contribution in [1.29, 1.82) is 0 Å². The van der Waals surface area contributed by atoms with Gasteiger partial charge in [0.1, 0.15) is 0 Å². The van der Waals surface area contributed by atoms with E-state index in [0.717, 1.165) is 21.8 Å². The summed E-state index contributed by atoms with van der Waals surface area (Å²) in [4.78, 5) is 9.73. The summed E-state index contributed by atoms with van der Waals surface area (Å²) in [5.41, 5.74) is 10.7. The zero-order valence-corrected chi connectivity index (χ0v) is 9.58. The zero-order valence-electron chi connectivity index (χ0n) is 8.77. The number of hydrogen-bond donors (Lipinski definition) is 1. The topological polar surface area (TPSA) is 51.8 Å². The highest BCUT2D eigenvalue weighted by atomic mass is 32.1. The van der Waals surface area contributed by atoms with Gasteiger partial charge in [0.05, 0.1) is 21.8 Å². The fourth-order valence-electron chi connectivity index (χ4n) is 1.36. The lowest BCUT2D eigenvalue weighted by molar-refractivity contribution is 0.812. The quantitative estimate of drug-likeness (QED) is 0.844. The maximum absolute atomic E-state index is 5.76. The van der Waals surface area contributed by atoms with Crippen LogP contribution in [0.3, 0.4) is 0 Å². The Kier molecular flexibility index (Phi) is 2.79. The maximum atomic E-state index is 5.76. The van der Waals surface area contributed by atoms with Gasteiger partial charge in [-0.3, -0.25) is 4.98 Å². The van der Waals surface area contributed by atoms with E-state index in [2.05, 4.69) is 9.97 Å². The predicted molar refractivity (Wildman–Crippen MR) is 62.7 cm³/mol. The summed E-state index contributed by atoms with van der Waals surface area (Å²) >= 11 is 1.61. The van der Waals surface area contributed by atoms with Crippen LogP contribution >= 0.6 is 11.3 Å². The molecule has 3 nitrogen and oxygen atoms in total. The highest BCUT2D eigenvalue weighted by molar-refractivity contribution is 7.13. The molecule has 0 aromatic carbocycles. The molecule has 1 unspecified atom stereocenters. The molecule has 0 radical (unpaired) electrons. The number of aromatic nitrogens is 2. The highest BCUT2D eigenvalue weighted by Gasteiger charge is 2.06. The summed E-state index contributed by atoms with van der Waals surface area (Å²) in [6.45, 7) is 3.95. The molecule has 4 heteroatoms. The van der Waals surface area contributed by atoms with Crippen LogP contribution in [-0.2, 0) is 0 Å². The Morgan fingerprint density at radius 2 is 2.13 bits per heavy atom. The fourth-order valence-corrected chi connectivity index (χ4v) is 2.14. The van der Waals surface area contributed by atoms with Crippen molar-refractivity contribution in [2.24, 2.45) is 5.73 Å². The number of hydrogen-bond acceptors (Lipinski definition) is 4. The fraction of sp³-hybridized carbons (Fsp3) is 0.273. The Hall–Kier alpha value is -1.26. The van der Waals surface area contributed by atoms with Gasteiger partial charge in [-0.25, -0.2) is 4.98 Å². The largest absolute Gasteiger partial charge is 0.324 e. The lowest BCUT2D eigenvalue weighted by Crippen LogP contribution is -2.05. The monoisotopic (exact) mass is 219 g/mol. The van der Waals surface area contributed by atoms with Crippen LogP contribution in [0.15, 0.2) is 23.8 Å². The van der Waals surface area contributed by atoms with Gasteiger partial charge >= 0.3 is 0 Å². The van der Waals surface area contributed by atoms with E-state index in [4.69, 9.17) is 5.73 Å². The number of rotatable bonds is 2. The van der Waals surface area contributed by atoms with E-state index in [-0.39, 0.29) is 6.04 Å². The zero-order chi connectivity index (χ0) is 10.8. The first kappa shape index (κ1) is 10.3. The minimum atomic E-state index is 0.0362. The molecule has 15 heavy (non-hydrogen) atoms. The molecular formula is C11H13N3S. The van der Waals surface area contributed by atoms with Gasteiger partial charge < -0.3 is 5.73 Å². The molecule has 0 saturated heterocycles. The summed E-state index contributed by atoms with van der Waals surface area (Å²) in [6, 6.07) is 4.06. The molecule has 2 rings (SSSR count). The summed E-state index contributed by atoms with van der Waals surface area (Å²) in [7, 11) is 0. The number of nitrogens with two attached hydrogens (primary N) is 1. The molecule has 2 N–H and O–H groups in total. The van der Waals surface area contributed by atoms with Crippen molar-refractivity contribution in [3.05, 3.63) is 35.1 Å². The average Bonchev–Trinajstić information content (AvgIpc) is 2.65. The lowest BCUT2D eigenvalue weighted by Gasteiger charge is -2.05. The molecular weight excluding hydrogens is 206 g/mol. The minimum Gasteiger partial charge on any atom is -0.324 e. The van der Waals surface area contributed by atoms with E-state index in [1.165, 1.54) is 0 Å². The molecule has 0 fully saturated rings. The average molecular weight is 219 g/mol. The highest BCUT2D eigenvalue weighted by Crippen LogP contribution is 2.25. The summed E-state index contributed by atoms with van der Waals surface area (Å²) < 4.78 is 0. The smallest absolute Gasteiger partial charge is 0.0820 e. The van der Waals surface area contributed by atoms with Gasteiger partial charge in [0.15, 0.2) is 0 Å². The van der Waals surface area contributed by atoms with Crippen molar-refractivity contribution in [3.63, 3.8) is 0 Å². The Morgan fingerprint density at radius 3 is 2.60 bits per heavy atom. The lowest BCUT2D eigenvalue weighted by atomic mass is 10.1. The molecule has 78 valence electrons. The first-order valence-corrected chi connectivity index (χ1v) is 5.68.